The minimum atomic E-state index is 0.365. The largest absolute Gasteiger partial charge is 0.337 e. The molecule has 2 fully saturated rings. The van der Waals surface area contributed by atoms with Gasteiger partial charge >= 0.3 is 0 Å². The quantitative estimate of drug-likeness (QED) is 0.774. The number of nitrogens with zero attached hydrogens (tertiary/aromatic N) is 1. The number of hydrogen-bond donors (Lipinski definition) is 0. The molecule has 1 heterocycles. The molecule has 0 saturated heterocycles. The molecule has 0 N–H and O–H groups in total. The summed E-state index contributed by atoms with van der Waals surface area (Å²) in [5.74, 6) is 0.365. The average Bonchev–Trinajstić information content (AvgIpc) is 3.20. The molecule has 0 bridgehead atoms. The minimum absolute atomic E-state index is 0.365. The molecule has 20 heavy (non-hydrogen) atoms. The van der Waals surface area contributed by atoms with E-state index in [9.17, 15) is 4.79 Å². The van der Waals surface area contributed by atoms with Gasteiger partial charge in [0.2, 0.25) is 5.91 Å². The Morgan fingerprint density at radius 2 is 1.85 bits per heavy atom. The van der Waals surface area contributed by atoms with Crippen LogP contribution in [0.2, 0.25) is 4.34 Å². The number of hydrogen-bond acceptors (Lipinski definition) is 2. The van der Waals surface area contributed by atoms with E-state index in [0.717, 1.165) is 10.8 Å². The van der Waals surface area contributed by atoms with E-state index in [2.05, 4.69) is 4.90 Å². The van der Waals surface area contributed by atoms with E-state index in [-0.39, 0.29) is 0 Å². The monoisotopic (exact) mass is 311 g/mol. The van der Waals surface area contributed by atoms with Gasteiger partial charge in [-0.05, 0) is 44.2 Å². The van der Waals surface area contributed by atoms with E-state index in [0.29, 0.717) is 24.4 Å². The lowest BCUT2D eigenvalue weighted by atomic mass is 9.93. The zero-order valence-electron chi connectivity index (χ0n) is 11.8. The maximum Gasteiger partial charge on any atom is 0.223 e. The molecule has 0 aromatic carbocycles. The number of rotatable bonds is 5. The van der Waals surface area contributed by atoms with E-state index in [1.165, 1.54) is 49.8 Å². The summed E-state index contributed by atoms with van der Waals surface area (Å²) < 4.78 is 0.818. The van der Waals surface area contributed by atoms with Crippen molar-refractivity contribution in [3.05, 3.63) is 21.3 Å². The second-order valence-corrected chi connectivity index (χ2v) is 7.83. The Hall–Kier alpha value is -0.540. The summed E-state index contributed by atoms with van der Waals surface area (Å²) >= 11 is 7.54. The van der Waals surface area contributed by atoms with Crippen LogP contribution in [0.3, 0.4) is 0 Å². The molecule has 0 spiro atoms. The number of carbonyl (C=O) groups excluding carboxylic acids is 1. The number of halogens is 1. The highest BCUT2D eigenvalue weighted by atomic mass is 35.5. The van der Waals surface area contributed by atoms with Crippen molar-refractivity contribution in [2.75, 3.05) is 0 Å². The number of amides is 1. The summed E-state index contributed by atoms with van der Waals surface area (Å²) in [4.78, 5) is 16.1. The normalized spacial score (nSPS) is 20.1. The first-order valence-electron chi connectivity index (χ1n) is 7.79. The Kier molecular flexibility index (Phi) is 4.67. The summed E-state index contributed by atoms with van der Waals surface area (Å²) in [5, 5.41) is 0. The Balaban J connectivity index is 1.57. The van der Waals surface area contributed by atoms with Crippen molar-refractivity contribution in [3.8, 4) is 0 Å². The van der Waals surface area contributed by atoms with Gasteiger partial charge in [0.05, 0.1) is 4.34 Å². The first-order valence-corrected chi connectivity index (χ1v) is 8.99. The summed E-state index contributed by atoms with van der Waals surface area (Å²) in [7, 11) is 0. The molecule has 1 aromatic rings. The van der Waals surface area contributed by atoms with E-state index >= 15 is 0 Å². The first kappa shape index (κ1) is 14.4. The van der Waals surface area contributed by atoms with Crippen LogP contribution >= 0.6 is 22.9 Å². The Morgan fingerprint density at radius 1 is 1.15 bits per heavy atom. The molecule has 110 valence electrons. The number of aryl methyl sites for hydroxylation is 1. The van der Waals surface area contributed by atoms with Gasteiger partial charge < -0.3 is 4.90 Å². The topological polar surface area (TPSA) is 20.3 Å². The molecule has 0 radical (unpaired) electrons. The van der Waals surface area contributed by atoms with E-state index in [4.69, 9.17) is 11.6 Å². The molecule has 0 aliphatic heterocycles. The van der Waals surface area contributed by atoms with E-state index in [1.807, 2.05) is 12.1 Å². The van der Waals surface area contributed by atoms with E-state index < -0.39 is 0 Å². The fourth-order valence-electron chi connectivity index (χ4n) is 3.26. The van der Waals surface area contributed by atoms with Crippen molar-refractivity contribution >= 4 is 28.8 Å². The van der Waals surface area contributed by atoms with Crippen LogP contribution in [-0.4, -0.2) is 22.9 Å². The van der Waals surface area contributed by atoms with Gasteiger partial charge in [-0.1, -0.05) is 30.9 Å². The maximum atomic E-state index is 12.6. The summed E-state index contributed by atoms with van der Waals surface area (Å²) in [6.07, 6.45) is 10.3. The molecule has 2 saturated carbocycles. The van der Waals surface area contributed by atoms with Gasteiger partial charge in [-0.25, -0.2) is 0 Å². The molecular weight excluding hydrogens is 290 g/mol. The zero-order valence-corrected chi connectivity index (χ0v) is 13.4. The van der Waals surface area contributed by atoms with Crippen LogP contribution < -0.4 is 0 Å². The van der Waals surface area contributed by atoms with Crippen molar-refractivity contribution in [1.29, 1.82) is 0 Å². The molecule has 4 heteroatoms. The standard InChI is InChI=1S/C16H22ClNOS/c17-15-10-8-14(20-15)9-11-16(19)18(13-6-7-13)12-4-2-1-3-5-12/h8,10,12-13H,1-7,9,11H2. The van der Waals surface area contributed by atoms with Gasteiger partial charge in [0.25, 0.3) is 0 Å². The van der Waals surface area contributed by atoms with Crippen molar-refractivity contribution in [1.82, 2.24) is 4.90 Å². The molecule has 3 rings (SSSR count). The van der Waals surface area contributed by atoms with Crippen molar-refractivity contribution in [2.45, 2.75) is 69.9 Å². The first-order chi connectivity index (χ1) is 9.74. The molecule has 1 amide bonds. The SMILES string of the molecule is O=C(CCc1ccc(Cl)s1)N(C1CCCCC1)C1CC1. The Labute approximate surface area is 130 Å². The van der Waals surface area contributed by atoms with Gasteiger partial charge in [0, 0.05) is 23.4 Å². The summed E-state index contributed by atoms with van der Waals surface area (Å²) in [5.41, 5.74) is 0. The van der Waals surface area contributed by atoms with Gasteiger partial charge in [-0.15, -0.1) is 11.3 Å². The molecule has 1 aromatic heterocycles. The minimum Gasteiger partial charge on any atom is -0.337 e. The van der Waals surface area contributed by atoms with Gasteiger partial charge in [-0.2, -0.15) is 0 Å². The fraction of sp³-hybridized carbons (Fsp3) is 0.688. The highest BCUT2D eigenvalue weighted by Gasteiger charge is 2.37. The third-order valence-corrected chi connectivity index (χ3v) is 5.70. The average molecular weight is 312 g/mol. The van der Waals surface area contributed by atoms with Crippen LogP contribution in [0.5, 0.6) is 0 Å². The molecule has 2 nitrogen and oxygen atoms in total. The van der Waals surface area contributed by atoms with Crippen molar-refractivity contribution in [3.63, 3.8) is 0 Å². The van der Waals surface area contributed by atoms with Crippen LogP contribution in [0.1, 0.15) is 56.2 Å². The third-order valence-electron chi connectivity index (χ3n) is 4.41. The highest BCUT2D eigenvalue weighted by Crippen LogP contribution is 2.34. The molecular formula is C16H22ClNOS. The number of carbonyl (C=O) groups is 1. The molecule has 2 aliphatic carbocycles. The predicted octanol–water partition coefficient (Wildman–Crippen LogP) is 4.66. The molecule has 0 unspecified atom stereocenters. The van der Waals surface area contributed by atoms with Crippen LogP contribution in [0.15, 0.2) is 12.1 Å². The van der Waals surface area contributed by atoms with Crippen LogP contribution in [0.4, 0.5) is 0 Å². The Morgan fingerprint density at radius 3 is 2.45 bits per heavy atom. The van der Waals surface area contributed by atoms with Crippen molar-refractivity contribution in [2.24, 2.45) is 0 Å². The fourth-order valence-corrected chi connectivity index (χ4v) is 4.35. The molecule has 2 aliphatic rings. The lowest BCUT2D eigenvalue weighted by molar-refractivity contribution is -0.134. The van der Waals surface area contributed by atoms with Gasteiger partial charge in [-0.3, -0.25) is 4.79 Å². The smallest absolute Gasteiger partial charge is 0.223 e. The Bertz CT molecular complexity index is 463. The molecule has 0 atom stereocenters. The van der Waals surface area contributed by atoms with Gasteiger partial charge in [0.1, 0.15) is 0 Å². The van der Waals surface area contributed by atoms with Crippen LogP contribution in [-0.2, 0) is 11.2 Å². The predicted molar refractivity (Wildman–Crippen MR) is 84.4 cm³/mol. The van der Waals surface area contributed by atoms with Crippen LogP contribution in [0, 0.1) is 0 Å². The second kappa shape index (κ2) is 6.48. The second-order valence-electron chi connectivity index (χ2n) is 6.03. The van der Waals surface area contributed by atoms with Crippen LogP contribution in [0.25, 0.3) is 0 Å². The number of thiophene rings is 1. The summed E-state index contributed by atoms with van der Waals surface area (Å²) in [6.45, 7) is 0. The highest BCUT2D eigenvalue weighted by molar-refractivity contribution is 7.16. The van der Waals surface area contributed by atoms with Crippen molar-refractivity contribution < 1.29 is 4.79 Å². The lowest BCUT2D eigenvalue weighted by Gasteiger charge is -2.34. The van der Waals surface area contributed by atoms with E-state index in [1.54, 1.807) is 11.3 Å². The lowest BCUT2D eigenvalue weighted by Crippen LogP contribution is -2.43. The third kappa shape index (κ3) is 3.56. The summed E-state index contributed by atoms with van der Waals surface area (Å²) in [6, 6.07) is 5.04. The zero-order chi connectivity index (χ0) is 13.9. The van der Waals surface area contributed by atoms with Gasteiger partial charge in [0.15, 0.2) is 0 Å². The maximum absolute atomic E-state index is 12.6.